The maximum Gasteiger partial charge on any atom is 0.164 e. The monoisotopic (exact) mass is 320 g/mol. The lowest BCUT2D eigenvalue weighted by Gasteiger charge is -2.29. The van der Waals surface area contributed by atoms with Crippen LogP contribution in [0.25, 0.3) is 0 Å². The first-order chi connectivity index (χ1) is 5.63. The Morgan fingerprint density at radius 2 is 1.77 bits per heavy atom. The van der Waals surface area contributed by atoms with Crippen molar-refractivity contribution in [2.75, 3.05) is 5.75 Å². The van der Waals surface area contributed by atoms with Crippen molar-refractivity contribution in [2.45, 2.75) is 37.1 Å². The molecule has 1 N–H and O–H groups in total. The first kappa shape index (κ1) is 13.6. The smallest absolute Gasteiger partial charge is 0.164 e. The van der Waals surface area contributed by atoms with Crippen molar-refractivity contribution in [3.63, 3.8) is 0 Å². The zero-order valence-corrected chi connectivity index (χ0v) is 11.4. The molecule has 0 aromatic rings. The Kier molecular flexibility index (Phi) is 4.66. The Labute approximate surface area is 94.0 Å². The van der Waals surface area contributed by atoms with Crippen LogP contribution >= 0.6 is 22.6 Å². The number of alkyl halides is 1. The van der Waals surface area contributed by atoms with Crippen LogP contribution in [0.4, 0.5) is 0 Å². The molecule has 0 aromatic carbocycles. The summed E-state index contributed by atoms with van der Waals surface area (Å²) in [5.41, 5.74) is -0.395. The number of aliphatic hydroxyl groups excluding tert-OH is 1. The second-order valence-corrected chi connectivity index (χ2v) is 8.71. The maximum absolute atomic E-state index is 11.4. The van der Waals surface area contributed by atoms with E-state index in [0.717, 1.165) is 0 Å². The van der Waals surface area contributed by atoms with Crippen LogP contribution in [-0.2, 0) is 9.84 Å². The summed E-state index contributed by atoms with van der Waals surface area (Å²) in [7, 11) is -3.14. The Balaban J connectivity index is 4.73. The minimum Gasteiger partial charge on any atom is -0.390 e. The molecule has 0 bridgehead atoms. The minimum atomic E-state index is -3.14. The molecule has 5 heteroatoms. The van der Waals surface area contributed by atoms with Crippen molar-refractivity contribution in [1.82, 2.24) is 0 Å². The normalized spacial score (nSPS) is 18.3. The Morgan fingerprint density at radius 1 is 1.38 bits per heavy atom. The standard InChI is InChI=1S/C8H17IO3S/c1-5-13(11,12)7(9)6(10)8(2,3)4/h6-7,10H,5H2,1-4H3. The summed E-state index contributed by atoms with van der Waals surface area (Å²) in [6.07, 6.45) is -0.821. The van der Waals surface area contributed by atoms with Gasteiger partial charge in [-0.15, -0.1) is 0 Å². The first-order valence-electron chi connectivity index (χ1n) is 4.16. The topological polar surface area (TPSA) is 54.4 Å². The molecule has 0 amide bonds. The third-order valence-corrected chi connectivity index (χ3v) is 6.64. The molecular formula is C8H17IO3S. The van der Waals surface area contributed by atoms with Gasteiger partial charge in [-0.1, -0.05) is 50.3 Å². The largest absolute Gasteiger partial charge is 0.390 e. The highest BCUT2D eigenvalue weighted by atomic mass is 127. The van der Waals surface area contributed by atoms with Crippen molar-refractivity contribution in [1.29, 1.82) is 0 Å². The minimum absolute atomic E-state index is 0.0771. The molecule has 0 aliphatic rings. The lowest BCUT2D eigenvalue weighted by Crippen LogP contribution is -2.39. The van der Waals surface area contributed by atoms with Gasteiger partial charge in [0, 0.05) is 5.75 Å². The molecule has 0 rings (SSSR count). The number of sulfone groups is 1. The summed E-state index contributed by atoms with van der Waals surface area (Å²) >= 11 is 1.80. The molecule has 0 radical (unpaired) electrons. The third-order valence-electron chi connectivity index (χ3n) is 1.88. The van der Waals surface area contributed by atoms with Gasteiger partial charge in [0.1, 0.15) is 3.26 Å². The van der Waals surface area contributed by atoms with Crippen LogP contribution in [0, 0.1) is 5.41 Å². The van der Waals surface area contributed by atoms with E-state index < -0.39 is 24.6 Å². The van der Waals surface area contributed by atoms with Gasteiger partial charge in [0.05, 0.1) is 6.10 Å². The molecule has 3 nitrogen and oxygen atoms in total. The highest BCUT2D eigenvalue weighted by molar-refractivity contribution is 14.1. The van der Waals surface area contributed by atoms with E-state index in [-0.39, 0.29) is 5.75 Å². The second-order valence-electron chi connectivity index (χ2n) is 4.11. The Morgan fingerprint density at radius 3 is 2.00 bits per heavy atom. The fraction of sp³-hybridized carbons (Fsp3) is 1.00. The molecule has 0 saturated carbocycles. The van der Waals surface area contributed by atoms with Crippen LogP contribution in [0.15, 0.2) is 0 Å². The third kappa shape index (κ3) is 3.71. The molecular weight excluding hydrogens is 303 g/mol. The fourth-order valence-corrected chi connectivity index (χ4v) is 4.03. The van der Waals surface area contributed by atoms with E-state index in [4.69, 9.17) is 0 Å². The van der Waals surface area contributed by atoms with E-state index in [2.05, 4.69) is 0 Å². The molecule has 0 heterocycles. The number of rotatable bonds is 3. The van der Waals surface area contributed by atoms with E-state index in [9.17, 15) is 13.5 Å². The lowest BCUT2D eigenvalue weighted by molar-refractivity contribution is 0.0789. The van der Waals surface area contributed by atoms with Crippen molar-refractivity contribution >= 4 is 32.4 Å². The Hall–Kier alpha value is 0.640. The van der Waals surface area contributed by atoms with Crippen molar-refractivity contribution in [3.05, 3.63) is 0 Å². The lowest BCUT2D eigenvalue weighted by atomic mass is 9.90. The zero-order chi connectivity index (χ0) is 10.9. The van der Waals surface area contributed by atoms with Crippen molar-refractivity contribution in [2.24, 2.45) is 5.41 Å². The molecule has 13 heavy (non-hydrogen) atoms. The molecule has 0 aromatic heterocycles. The van der Waals surface area contributed by atoms with Gasteiger partial charge in [0.15, 0.2) is 9.84 Å². The van der Waals surface area contributed by atoms with E-state index in [1.165, 1.54) is 0 Å². The van der Waals surface area contributed by atoms with E-state index in [1.807, 2.05) is 20.8 Å². The average molecular weight is 320 g/mol. The molecule has 2 unspecified atom stereocenters. The van der Waals surface area contributed by atoms with Gasteiger partial charge >= 0.3 is 0 Å². The highest BCUT2D eigenvalue weighted by Crippen LogP contribution is 2.29. The maximum atomic E-state index is 11.4. The quantitative estimate of drug-likeness (QED) is 0.635. The van der Waals surface area contributed by atoms with Gasteiger partial charge in [-0.3, -0.25) is 0 Å². The highest BCUT2D eigenvalue weighted by Gasteiger charge is 2.35. The summed E-state index contributed by atoms with van der Waals surface area (Å²) in [5, 5.41) is 9.73. The van der Waals surface area contributed by atoms with Crippen LogP contribution in [-0.4, -0.2) is 28.6 Å². The van der Waals surface area contributed by atoms with Crippen LogP contribution < -0.4 is 0 Å². The molecule has 0 fully saturated rings. The number of aliphatic hydroxyl groups is 1. The molecule has 2 atom stereocenters. The molecule has 80 valence electrons. The summed E-state index contributed by atoms with van der Waals surface area (Å²) in [6, 6.07) is 0. The fourth-order valence-electron chi connectivity index (χ4n) is 0.749. The van der Waals surface area contributed by atoms with Gasteiger partial charge in [0.25, 0.3) is 0 Å². The van der Waals surface area contributed by atoms with E-state index in [1.54, 1.807) is 29.5 Å². The molecule has 0 aliphatic heterocycles. The molecule has 0 spiro atoms. The number of hydrogen-bond donors (Lipinski definition) is 1. The predicted molar refractivity (Wildman–Crippen MR) is 62.7 cm³/mol. The SMILES string of the molecule is CCS(=O)(=O)C(I)C(O)C(C)(C)C. The summed E-state index contributed by atoms with van der Waals surface area (Å²) in [5.74, 6) is 0.0771. The summed E-state index contributed by atoms with van der Waals surface area (Å²) in [6.45, 7) is 7.08. The predicted octanol–water partition coefficient (Wildman–Crippen LogP) is 1.59. The van der Waals surface area contributed by atoms with Crippen molar-refractivity contribution in [3.8, 4) is 0 Å². The first-order valence-corrected chi connectivity index (χ1v) is 7.12. The molecule has 0 saturated heterocycles. The van der Waals surface area contributed by atoms with E-state index >= 15 is 0 Å². The van der Waals surface area contributed by atoms with Gasteiger partial charge in [-0.2, -0.15) is 0 Å². The molecule has 0 aliphatic carbocycles. The summed E-state index contributed by atoms with van der Waals surface area (Å²) < 4.78 is 22.1. The van der Waals surface area contributed by atoms with Crippen LogP contribution in [0.5, 0.6) is 0 Å². The van der Waals surface area contributed by atoms with Crippen molar-refractivity contribution < 1.29 is 13.5 Å². The Bertz CT molecular complexity index is 253. The number of halogens is 1. The van der Waals surface area contributed by atoms with Crippen LogP contribution in [0.1, 0.15) is 27.7 Å². The van der Waals surface area contributed by atoms with Crippen LogP contribution in [0.3, 0.4) is 0 Å². The van der Waals surface area contributed by atoms with Gasteiger partial charge < -0.3 is 5.11 Å². The second kappa shape index (κ2) is 4.44. The summed E-state index contributed by atoms with van der Waals surface area (Å²) in [4.78, 5) is 0. The van der Waals surface area contributed by atoms with Gasteiger partial charge in [-0.05, 0) is 5.41 Å². The number of hydrogen-bond acceptors (Lipinski definition) is 3. The zero-order valence-electron chi connectivity index (χ0n) is 8.41. The van der Waals surface area contributed by atoms with Gasteiger partial charge in [-0.25, -0.2) is 8.42 Å². The van der Waals surface area contributed by atoms with E-state index in [0.29, 0.717) is 0 Å². The van der Waals surface area contributed by atoms with Gasteiger partial charge in [0.2, 0.25) is 0 Å². The van der Waals surface area contributed by atoms with Crippen LogP contribution in [0.2, 0.25) is 0 Å². The average Bonchev–Trinajstić information content (AvgIpc) is 2.00.